The highest BCUT2D eigenvalue weighted by molar-refractivity contribution is 6.24. The van der Waals surface area contributed by atoms with Crippen molar-refractivity contribution < 1.29 is 26.9 Å². The van der Waals surface area contributed by atoms with Crippen LogP contribution in [0.1, 0.15) is 17.2 Å². The Morgan fingerprint density at radius 1 is 0.703 bits per heavy atom. The molecule has 0 saturated heterocycles. The van der Waals surface area contributed by atoms with Gasteiger partial charge in [0.25, 0.3) is 6.04 Å². The summed E-state index contributed by atoms with van der Waals surface area (Å²) < 4.78 is 67.4. The van der Waals surface area contributed by atoms with Crippen LogP contribution in [0.25, 0.3) is 33.5 Å². The predicted molar refractivity (Wildman–Crippen MR) is 127 cm³/mol. The topological polar surface area (TPSA) is 16.6 Å². The number of nitrogens with zero attached hydrogens (tertiary/aromatic N) is 4. The third-order valence-corrected chi connectivity index (χ3v) is 8.04. The highest BCUT2D eigenvalue weighted by Gasteiger charge is 2.68. The van der Waals surface area contributed by atoms with Gasteiger partial charge < -0.3 is 0 Å². The largest absolute Gasteiger partial charge is 0.360 e. The van der Waals surface area contributed by atoms with Crippen molar-refractivity contribution in [3.05, 3.63) is 120 Å². The summed E-state index contributed by atoms with van der Waals surface area (Å²) >= 11 is 7.65. The van der Waals surface area contributed by atoms with Gasteiger partial charge in [0.2, 0.25) is 11.4 Å². The minimum atomic E-state index is -1.70. The molecule has 9 heteroatoms. The monoisotopic (exact) mass is 518 g/mol. The van der Waals surface area contributed by atoms with Crippen LogP contribution in [0.3, 0.4) is 0 Å². The normalized spacial score (nSPS) is 19.3. The summed E-state index contributed by atoms with van der Waals surface area (Å²) in [5.74, 6) is -3.07. The van der Waals surface area contributed by atoms with E-state index in [1.165, 1.54) is 12.1 Å². The molecule has 6 heterocycles. The van der Waals surface area contributed by atoms with Crippen LogP contribution < -0.4 is 9.36 Å². The van der Waals surface area contributed by atoms with Gasteiger partial charge in [-0.1, -0.05) is 21.5 Å². The van der Waals surface area contributed by atoms with Crippen LogP contribution in [-0.2, 0) is 5.00 Å². The van der Waals surface area contributed by atoms with Gasteiger partial charge in [0.1, 0.15) is 34.3 Å². The summed E-state index contributed by atoms with van der Waals surface area (Å²) in [7, 11) is 0. The molecule has 0 fully saturated rings. The molecular formula is C28H15ClF4N4+2. The van der Waals surface area contributed by atoms with E-state index in [2.05, 4.69) is 0 Å². The van der Waals surface area contributed by atoms with E-state index in [-0.39, 0.29) is 22.3 Å². The Balaban J connectivity index is 1.58. The standard InChI is InChI=1S/C28H15ClF4N4/c29-28(20-10-16(31)12-22(33)26(20)24-14-18-6-2-4-8-35(18)37(24)28)27-19-9-15(30)11-21(32)25(19)23-13-17-5-1-3-7-34(17)36(23)27/h1-14,27H/q+2. The molecule has 0 radical (unpaired) electrons. The second kappa shape index (κ2) is 6.77. The minimum absolute atomic E-state index is 0.147. The summed E-state index contributed by atoms with van der Waals surface area (Å²) in [6.45, 7) is 0. The molecule has 0 amide bonds. The summed E-state index contributed by atoms with van der Waals surface area (Å²) in [6, 6.07) is 17.7. The Hall–Kier alpha value is -4.17. The Kier molecular flexibility index (Phi) is 3.84. The van der Waals surface area contributed by atoms with Crippen molar-refractivity contribution in [1.82, 2.24) is 9.03 Å². The Morgan fingerprint density at radius 3 is 2.08 bits per heavy atom. The number of aromatic nitrogens is 4. The first-order chi connectivity index (χ1) is 17.9. The number of benzene rings is 2. The Bertz CT molecular complexity index is 1980. The maximum Gasteiger partial charge on any atom is 0.360 e. The van der Waals surface area contributed by atoms with Gasteiger partial charge in [0.05, 0.1) is 34.6 Å². The van der Waals surface area contributed by atoms with Crippen molar-refractivity contribution in [3.8, 4) is 22.5 Å². The summed E-state index contributed by atoms with van der Waals surface area (Å²) in [4.78, 5) is -1.70. The Morgan fingerprint density at radius 2 is 1.32 bits per heavy atom. The molecule has 4 aromatic heterocycles. The molecule has 4 nitrogen and oxygen atoms in total. The smallest absolute Gasteiger partial charge is 0.207 e. The molecule has 2 atom stereocenters. The minimum Gasteiger partial charge on any atom is -0.207 e. The fourth-order valence-corrected chi connectivity index (χ4v) is 6.70. The molecule has 0 spiro atoms. The molecular weight excluding hydrogens is 504 g/mol. The van der Waals surface area contributed by atoms with Crippen LogP contribution in [0, 0.1) is 23.3 Å². The third kappa shape index (κ3) is 2.44. The lowest BCUT2D eigenvalue weighted by Gasteiger charge is -2.21. The van der Waals surface area contributed by atoms with E-state index in [9.17, 15) is 8.78 Å². The molecule has 6 aromatic rings. The van der Waals surface area contributed by atoms with Gasteiger partial charge in [0.15, 0.2) is 0 Å². The van der Waals surface area contributed by atoms with E-state index in [1.807, 2.05) is 30.3 Å². The van der Waals surface area contributed by atoms with Gasteiger partial charge >= 0.3 is 5.00 Å². The molecule has 2 aliphatic rings. The summed E-state index contributed by atoms with van der Waals surface area (Å²) in [5, 5.41) is 0. The predicted octanol–water partition coefficient (Wildman–Crippen LogP) is 5.51. The number of halogens is 5. The lowest BCUT2D eigenvalue weighted by Crippen LogP contribution is -2.65. The average Bonchev–Trinajstić information content (AvgIpc) is 3.56. The van der Waals surface area contributed by atoms with Gasteiger partial charge in [-0.25, -0.2) is 17.6 Å². The van der Waals surface area contributed by atoms with Gasteiger partial charge in [-0.2, -0.15) is 0 Å². The van der Waals surface area contributed by atoms with E-state index in [0.717, 1.165) is 23.2 Å². The highest BCUT2D eigenvalue weighted by Crippen LogP contribution is 2.53. The van der Waals surface area contributed by atoms with Crippen molar-refractivity contribution in [2.45, 2.75) is 11.0 Å². The van der Waals surface area contributed by atoms with E-state index >= 15 is 8.78 Å². The zero-order valence-electron chi connectivity index (χ0n) is 18.8. The van der Waals surface area contributed by atoms with Gasteiger partial charge in [-0.15, -0.1) is 9.03 Å². The Labute approximate surface area is 211 Å². The number of pyridine rings is 2. The molecule has 180 valence electrons. The number of hydrogen-bond acceptors (Lipinski definition) is 0. The van der Waals surface area contributed by atoms with E-state index in [1.54, 1.807) is 49.0 Å². The SMILES string of the molecule is Fc1cc(F)c2c(c1)C(C1(Cl)c3cc(F)cc(F)c3-c3cc4ccccn4[n+]31)[n+]1c-2cc2ccccn21. The van der Waals surface area contributed by atoms with Crippen molar-refractivity contribution in [1.29, 1.82) is 0 Å². The fourth-order valence-electron chi connectivity index (χ4n) is 6.17. The van der Waals surface area contributed by atoms with Crippen molar-refractivity contribution >= 4 is 22.6 Å². The summed E-state index contributed by atoms with van der Waals surface area (Å²) in [6.07, 6.45) is 3.55. The molecule has 2 unspecified atom stereocenters. The van der Waals surface area contributed by atoms with Gasteiger partial charge in [-0.05, 0) is 48.0 Å². The zero-order chi connectivity index (χ0) is 25.2. The van der Waals surface area contributed by atoms with E-state index in [0.29, 0.717) is 11.4 Å². The lowest BCUT2D eigenvalue weighted by atomic mass is 9.91. The molecule has 0 bridgehead atoms. The van der Waals surface area contributed by atoms with E-state index in [4.69, 9.17) is 11.6 Å². The number of fused-ring (bicyclic) bond motifs is 10. The molecule has 0 aliphatic carbocycles. The average molecular weight is 519 g/mol. The lowest BCUT2D eigenvalue weighted by molar-refractivity contribution is -0.857. The van der Waals surface area contributed by atoms with Gasteiger partial charge in [0, 0.05) is 24.3 Å². The van der Waals surface area contributed by atoms with Gasteiger partial charge in [-0.3, -0.25) is 0 Å². The first-order valence-electron chi connectivity index (χ1n) is 11.6. The second-order valence-corrected chi connectivity index (χ2v) is 9.97. The van der Waals surface area contributed by atoms with Crippen LogP contribution >= 0.6 is 11.6 Å². The highest BCUT2D eigenvalue weighted by atomic mass is 35.5. The maximum atomic E-state index is 15.4. The number of alkyl halides is 1. The number of hydrogen-bond donors (Lipinski definition) is 0. The van der Waals surface area contributed by atoms with Crippen molar-refractivity contribution in [3.63, 3.8) is 0 Å². The maximum absolute atomic E-state index is 15.4. The van der Waals surface area contributed by atoms with Crippen LogP contribution in [0.5, 0.6) is 0 Å². The number of rotatable bonds is 1. The molecule has 2 aromatic carbocycles. The van der Waals surface area contributed by atoms with Crippen molar-refractivity contribution in [2.75, 3.05) is 0 Å². The van der Waals surface area contributed by atoms with Crippen LogP contribution in [0.4, 0.5) is 17.6 Å². The van der Waals surface area contributed by atoms with E-state index < -0.39 is 34.3 Å². The molecule has 0 saturated carbocycles. The van der Waals surface area contributed by atoms with Crippen LogP contribution in [-0.4, -0.2) is 9.03 Å². The first-order valence-corrected chi connectivity index (χ1v) is 12.0. The van der Waals surface area contributed by atoms with Crippen LogP contribution in [0.2, 0.25) is 0 Å². The fraction of sp³-hybridized carbons (Fsp3) is 0.0714. The molecule has 0 N–H and O–H groups in total. The molecule has 8 rings (SSSR count). The quantitative estimate of drug-likeness (QED) is 0.155. The third-order valence-electron chi connectivity index (χ3n) is 7.47. The summed E-state index contributed by atoms with van der Waals surface area (Å²) in [5.41, 5.74) is 3.20. The zero-order valence-corrected chi connectivity index (χ0v) is 19.6. The second-order valence-electron chi connectivity index (χ2n) is 9.39. The van der Waals surface area contributed by atoms with Crippen molar-refractivity contribution in [2.24, 2.45) is 0 Å². The molecule has 37 heavy (non-hydrogen) atoms. The molecule has 2 aliphatic heterocycles. The first kappa shape index (κ1) is 21.0. The van der Waals surface area contributed by atoms with Crippen LogP contribution in [0.15, 0.2) is 85.2 Å².